The molecule has 9 heteroatoms. The molecule has 1 N–H and O–H groups in total. The molecule has 2 saturated heterocycles. The zero-order chi connectivity index (χ0) is 19.2. The van der Waals surface area contributed by atoms with Gasteiger partial charge in [-0.1, -0.05) is 12.8 Å². The van der Waals surface area contributed by atoms with E-state index in [4.69, 9.17) is 0 Å². The molecule has 0 aromatic rings. The summed E-state index contributed by atoms with van der Waals surface area (Å²) >= 11 is 0. The van der Waals surface area contributed by atoms with Crippen molar-refractivity contribution >= 4 is 27.4 Å². The van der Waals surface area contributed by atoms with E-state index in [-0.39, 0.29) is 35.7 Å². The van der Waals surface area contributed by atoms with Gasteiger partial charge in [-0.05, 0) is 25.7 Å². The van der Waals surface area contributed by atoms with Gasteiger partial charge in [-0.15, -0.1) is 0 Å². The largest absolute Gasteiger partial charge is 0.389 e. The number of aliphatic hydroxyl groups is 1. The first-order valence-electron chi connectivity index (χ1n) is 9.89. The molecule has 150 valence electrons. The van der Waals surface area contributed by atoms with E-state index in [0.717, 1.165) is 25.7 Å². The Labute approximate surface area is 159 Å². The van der Waals surface area contributed by atoms with Crippen molar-refractivity contribution in [2.24, 2.45) is 11.0 Å². The lowest BCUT2D eigenvalue weighted by Crippen LogP contribution is -2.56. The number of rotatable bonds is 2. The van der Waals surface area contributed by atoms with Gasteiger partial charge in [0.25, 0.3) is 5.91 Å². The van der Waals surface area contributed by atoms with Crippen molar-refractivity contribution in [1.82, 2.24) is 9.91 Å². The molecule has 3 atom stereocenters. The van der Waals surface area contributed by atoms with Crippen LogP contribution in [0.25, 0.3) is 0 Å². The Kier molecular flexibility index (Phi) is 4.78. The number of amides is 2. The van der Waals surface area contributed by atoms with Gasteiger partial charge in [0.15, 0.2) is 9.84 Å². The Morgan fingerprint density at radius 3 is 2.74 bits per heavy atom. The number of sulfone groups is 1. The lowest BCUT2D eigenvalue weighted by atomic mass is 9.71. The topological polar surface area (TPSA) is 107 Å². The second-order valence-electron chi connectivity index (χ2n) is 8.39. The van der Waals surface area contributed by atoms with E-state index < -0.39 is 21.5 Å². The standard InChI is InChI=1S/C18H27N3O5S/c22-16-5-4-15(19-21(16)14-6-10-27(25,26)12-14)17(23)20-9-8-18(24)7-2-1-3-13(18)11-20/h13-14,24H,1-12H2/t13-,14+,18+/m0/s1. The smallest absolute Gasteiger partial charge is 0.270 e. The van der Waals surface area contributed by atoms with Crippen LogP contribution >= 0.6 is 0 Å². The van der Waals surface area contributed by atoms with Gasteiger partial charge in [0.1, 0.15) is 5.71 Å². The van der Waals surface area contributed by atoms with Gasteiger partial charge in [0, 0.05) is 31.8 Å². The monoisotopic (exact) mass is 397 g/mol. The number of carbonyl (C=O) groups is 2. The molecule has 0 bridgehead atoms. The number of hydrazone groups is 1. The summed E-state index contributed by atoms with van der Waals surface area (Å²) in [5.74, 6) is -0.310. The Hall–Kier alpha value is -1.48. The van der Waals surface area contributed by atoms with E-state index in [1.54, 1.807) is 4.90 Å². The van der Waals surface area contributed by atoms with E-state index in [1.807, 2.05) is 0 Å². The lowest BCUT2D eigenvalue weighted by Gasteiger charge is -2.47. The van der Waals surface area contributed by atoms with Crippen molar-refractivity contribution in [3.8, 4) is 0 Å². The fourth-order valence-corrected chi connectivity index (χ4v) is 6.61. The van der Waals surface area contributed by atoms with Crippen molar-refractivity contribution in [3.63, 3.8) is 0 Å². The molecule has 3 fully saturated rings. The van der Waals surface area contributed by atoms with Crippen LogP contribution in [0, 0.1) is 5.92 Å². The predicted molar refractivity (Wildman–Crippen MR) is 98.7 cm³/mol. The highest BCUT2D eigenvalue weighted by molar-refractivity contribution is 7.91. The summed E-state index contributed by atoms with van der Waals surface area (Å²) < 4.78 is 23.5. The van der Waals surface area contributed by atoms with E-state index in [1.165, 1.54) is 5.01 Å². The number of hydrogen-bond donors (Lipinski definition) is 1. The first kappa shape index (κ1) is 18.9. The molecule has 4 aliphatic rings. The molecule has 8 nitrogen and oxygen atoms in total. The van der Waals surface area contributed by atoms with E-state index in [0.29, 0.717) is 38.1 Å². The van der Waals surface area contributed by atoms with Crippen LogP contribution in [0.2, 0.25) is 0 Å². The molecule has 0 aromatic carbocycles. The SMILES string of the molecule is O=C(C1=NN([C@@H]2CCS(=O)(=O)C2)C(=O)CC1)N1CC[C@]2(O)CCCC[C@H]2C1. The summed E-state index contributed by atoms with van der Waals surface area (Å²) in [5.41, 5.74) is -0.316. The van der Waals surface area contributed by atoms with Crippen LogP contribution < -0.4 is 0 Å². The van der Waals surface area contributed by atoms with Crippen LogP contribution in [0.15, 0.2) is 5.10 Å². The van der Waals surface area contributed by atoms with Crippen molar-refractivity contribution in [1.29, 1.82) is 0 Å². The maximum Gasteiger partial charge on any atom is 0.270 e. The quantitative estimate of drug-likeness (QED) is 0.721. The molecule has 2 amide bonds. The fourth-order valence-electron chi connectivity index (χ4n) is 4.92. The van der Waals surface area contributed by atoms with Gasteiger partial charge in [0.05, 0.1) is 23.1 Å². The number of hydrogen-bond acceptors (Lipinski definition) is 6. The Morgan fingerprint density at radius 1 is 1.19 bits per heavy atom. The highest BCUT2D eigenvalue weighted by Crippen LogP contribution is 2.40. The maximum absolute atomic E-state index is 13.0. The van der Waals surface area contributed by atoms with Gasteiger partial charge in [-0.3, -0.25) is 9.59 Å². The molecular weight excluding hydrogens is 370 g/mol. The molecule has 3 heterocycles. The first-order chi connectivity index (χ1) is 12.8. The lowest BCUT2D eigenvalue weighted by molar-refractivity contribution is -0.137. The number of piperidine rings is 1. The Morgan fingerprint density at radius 2 is 2.00 bits per heavy atom. The molecule has 0 radical (unpaired) electrons. The van der Waals surface area contributed by atoms with Crippen LogP contribution in [-0.2, 0) is 19.4 Å². The van der Waals surface area contributed by atoms with Crippen LogP contribution in [0.4, 0.5) is 0 Å². The average molecular weight is 397 g/mol. The molecule has 0 spiro atoms. The first-order valence-corrected chi connectivity index (χ1v) is 11.7. The van der Waals surface area contributed by atoms with Gasteiger partial charge >= 0.3 is 0 Å². The minimum absolute atomic E-state index is 0.0621. The second-order valence-corrected chi connectivity index (χ2v) is 10.6. The number of fused-ring (bicyclic) bond motifs is 1. The van der Waals surface area contributed by atoms with Gasteiger partial charge < -0.3 is 10.0 Å². The van der Waals surface area contributed by atoms with Crippen molar-refractivity contribution in [2.75, 3.05) is 24.6 Å². The van der Waals surface area contributed by atoms with Crippen molar-refractivity contribution in [3.05, 3.63) is 0 Å². The van der Waals surface area contributed by atoms with Crippen LogP contribution in [0.3, 0.4) is 0 Å². The van der Waals surface area contributed by atoms with Crippen LogP contribution in [0.1, 0.15) is 51.4 Å². The minimum Gasteiger partial charge on any atom is -0.389 e. The summed E-state index contributed by atoms with van der Waals surface area (Å²) in [6, 6.07) is -0.463. The third-order valence-corrected chi connectivity index (χ3v) is 8.33. The van der Waals surface area contributed by atoms with Crippen LogP contribution in [0.5, 0.6) is 0 Å². The molecule has 0 aromatic heterocycles. The molecule has 0 unspecified atom stereocenters. The summed E-state index contributed by atoms with van der Waals surface area (Å²) in [6.45, 7) is 1.02. The number of likely N-dealkylation sites (tertiary alicyclic amines) is 1. The summed E-state index contributed by atoms with van der Waals surface area (Å²) in [5, 5.41) is 16.3. The molecular formula is C18H27N3O5S. The molecule has 4 rings (SSSR count). The van der Waals surface area contributed by atoms with Gasteiger partial charge in [-0.2, -0.15) is 5.10 Å². The number of carbonyl (C=O) groups excluding carboxylic acids is 2. The highest BCUT2D eigenvalue weighted by Gasteiger charge is 2.45. The average Bonchev–Trinajstić information content (AvgIpc) is 3.00. The Balaban J connectivity index is 1.48. The zero-order valence-electron chi connectivity index (χ0n) is 15.5. The normalized spacial score (nSPS) is 36.3. The van der Waals surface area contributed by atoms with Gasteiger partial charge in [0.2, 0.25) is 5.91 Å². The molecule has 1 saturated carbocycles. The summed E-state index contributed by atoms with van der Waals surface area (Å²) in [4.78, 5) is 27.0. The van der Waals surface area contributed by atoms with E-state index in [9.17, 15) is 23.1 Å². The second kappa shape index (κ2) is 6.84. The summed E-state index contributed by atoms with van der Waals surface area (Å²) in [7, 11) is -3.13. The van der Waals surface area contributed by atoms with E-state index >= 15 is 0 Å². The summed E-state index contributed by atoms with van der Waals surface area (Å²) in [6.07, 6.45) is 5.28. The predicted octanol–water partition coefficient (Wildman–Crippen LogP) is 0.306. The molecule has 1 aliphatic carbocycles. The highest BCUT2D eigenvalue weighted by atomic mass is 32.2. The fraction of sp³-hybridized carbons (Fsp3) is 0.833. The van der Waals surface area contributed by atoms with Crippen LogP contribution in [-0.4, -0.2) is 77.2 Å². The number of nitrogens with zero attached hydrogens (tertiary/aromatic N) is 3. The van der Waals surface area contributed by atoms with Gasteiger partial charge in [-0.25, -0.2) is 13.4 Å². The van der Waals surface area contributed by atoms with E-state index in [2.05, 4.69) is 5.10 Å². The molecule has 3 aliphatic heterocycles. The van der Waals surface area contributed by atoms with Crippen molar-refractivity contribution < 1.29 is 23.1 Å². The third kappa shape index (κ3) is 3.63. The molecule has 27 heavy (non-hydrogen) atoms. The Bertz CT molecular complexity index is 780. The zero-order valence-corrected chi connectivity index (χ0v) is 16.3. The maximum atomic E-state index is 13.0. The van der Waals surface area contributed by atoms with Crippen molar-refractivity contribution in [2.45, 2.75) is 63.0 Å². The third-order valence-electron chi connectivity index (χ3n) is 6.58. The minimum atomic E-state index is -3.13.